The van der Waals surface area contributed by atoms with E-state index in [1.165, 1.54) is 21.3 Å². The molecule has 0 aliphatic heterocycles. The first-order chi connectivity index (χ1) is 8.21. The Morgan fingerprint density at radius 1 is 1.18 bits per heavy atom. The number of hydrogen-bond acceptors (Lipinski definition) is 6. The zero-order valence-electron chi connectivity index (χ0n) is 9.98. The molecule has 0 saturated heterocycles. The second kappa shape index (κ2) is 5.94. The normalized spacial score (nSPS) is 11.5. The number of hydrogen-bond donors (Lipinski definition) is 2. The number of nitrogens with one attached hydrogen (secondary N) is 1. The predicted molar refractivity (Wildman–Crippen MR) is 61.8 cm³/mol. The Balaban J connectivity index is 3.32. The molecule has 6 heteroatoms. The summed E-state index contributed by atoms with van der Waals surface area (Å²) >= 11 is 0. The molecule has 0 radical (unpaired) electrons. The molecule has 3 N–H and O–H groups in total. The second-order valence-electron chi connectivity index (χ2n) is 3.19. The van der Waals surface area contributed by atoms with E-state index in [4.69, 9.17) is 25.3 Å². The molecule has 1 atom stereocenters. The molecule has 17 heavy (non-hydrogen) atoms. The Bertz CT molecular complexity index is 403. The van der Waals surface area contributed by atoms with Crippen LogP contribution >= 0.6 is 0 Å². The van der Waals surface area contributed by atoms with Crippen LogP contribution in [-0.4, -0.2) is 21.3 Å². The van der Waals surface area contributed by atoms with Gasteiger partial charge in [0.05, 0.1) is 27.4 Å². The average Bonchev–Trinajstić information content (AvgIpc) is 2.38. The minimum absolute atomic E-state index is 0.479. The zero-order chi connectivity index (χ0) is 12.8. The van der Waals surface area contributed by atoms with Crippen molar-refractivity contribution in [2.24, 2.45) is 5.84 Å². The molecule has 1 aromatic carbocycles. The van der Waals surface area contributed by atoms with E-state index in [-0.39, 0.29) is 0 Å². The Morgan fingerprint density at radius 2 is 1.71 bits per heavy atom. The van der Waals surface area contributed by atoms with Gasteiger partial charge in [0.25, 0.3) is 0 Å². The van der Waals surface area contributed by atoms with Crippen molar-refractivity contribution in [3.8, 4) is 23.3 Å². The first-order valence-corrected chi connectivity index (χ1v) is 4.87. The van der Waals surface area contributed by atoms with Crippen LogP contribution in [-0.2, 0) is 0 Å². The lowest BCUT2D eigenvalue weighted by Gasteiger charge is -2.15. The van der Waals surface area contributed by atoms with Crippen LogP contribution in [0.25, 0.3) is 0 Å². The Morgan fingerprint density at radius 3 is 2.00 bits per heavy atom. The molecule has 0 aromatic heterocycles. The van der Waals surface area contributed by atoms with Crippen molar-refractivity contribution in [3.63, 3.8) is 0 Å². The number of ether oxygens (including phenoxy) is 3. The first kappa shape index (κ1) is 13.1. The quantitative estimate of drug-likeness (QED) is 0.580. The van der Waals surface area contributed by atoms with Crippen molar-refractivity contribution in [1.82, 2.24) is 5.43 Å². The molecule has 0 aliphatic carbocycles. The molecule has 1 aromatic rings. The summed E-state index contributed by atoms with van der Waals surface area (Å²) in [4.78, 5) is 0. The fraction of sp³-hybridized carbons (Fsp3) is 0.364. The topological polar surface area (TPSA) is 89.5 Å². The molecular weight excluding hydrogens is 222 g/mol. The highest BCUT2D eigenvalue weighted by Gasteiger charge is 2.17. The van der Waals surface area contributed by atoms with Gasteiger partial charge in [0.1, 0.15) is 6.04 Å². The summed E-state index contributed by atoms with van der Waals surface area (Å²) in [6.45, 7) is 0. The van der Waals surface area contributed by atoms with Crippen molar-refractivity contribution in [2.45, 2.75) is 6.04 Å². The molecular formula is C11H15N3O3. The maximum atomic E-state index is 8.93. The molecule has 0 heterocycles. The molecule has 6 nitrogen and oxygen atoms in total. The van der Waals surface area contributed by atoms with Crippen molar-refractivity contribution >= 4 is 0 Å². The van der Waals surface area contributed by atoms with Crippen LogP contribution in [0.15, 0.2) is 12.1 Å². The third-order valence-electron chi connectivity index (χ3n) is 2.32. The average molecular weight is 237 g/mol. The van der Waals surface area contributed by atoms with Gasteiger partial charge in [-0.3, -0.25) is 5.84 Å². The summed E-state index contributed by atoms with van der Waals surface area (Å²) in [5, 5.41) is 8.93. The van der Waals surface area contributed by atoms with E-state index in [1.54, 1.807) is 12.1 Å². The zero-order valence-corrected chi connectivity index (χ0v) is 9.98. The summed E-state index contributed by atoms with van der Waals surface area (Å²) in [7, 11) is 4.54. The number of nitrogens with two attached hydrogens (primary N) is 1. The third kappa shape index (κ3) is 2.58. The minimum Gasteiger partial charge on any atom is -0.493 e. The number of benzene rings is 1. The van der Waals surface area contributed by atoms with Gasteiger partial charge in [-0.15, -0.1) is 0 Å². The van der Waals surface area contributed by atoms with Crippen LogP contribution < -0.4 is 25.5 Å². The van der Waals surface area contributed by atoms with Gasteiger partial charge >= 0.3 is 0 Å². The smallest absolute Gasteiger partial charge is 0.203 e. The Hall–Kier alpha value is -1.97. The van der Waals surface area contributed by atoms with Crippen molar-refractivity contribution in [2.75, 3.05) is 21.3 Å². The van der Waals surface area contributed by atoms with Crippen molar-refractivity contribution < 1.29 is 14.2 Å². The molecule has 0 saturated carbocycles. The predicted octanol–water partition coefficient (Wildman–Crippen LogP) is 0.740. The molecule has 1 unspecified atom stereocenters. The fourth-order valence-electron chi connectivity index (χ4n) is 1.48. The van der Waals surface area contributed by atoms with E-state index in [2.05, 4.69) is 5.43 Å². The lowest BCUT2D eigenvalue weighted by Crippen LogP contribution is -2.26. The van der Waals surface area contributed by atoms with E-state index in [0.29, 0.717) is 22.8 Å². The lowest BCUT2D eigenvalue weighted by atomic mass is 10.1. The van der Waals surface area contributed by atoms with Gasteiger partial charge in [0.2, 0.25) is 5.75 Å². The number of nitrogens with zero attached hydrogens (tertiary/aromatic N) is 1. The van der Waals surface area contributed by atoms with Gasteiger partial charge in [-0.1, -0.05) is 0 Å². The number of methoxy groups -OCH3 is 3. The highest BCUT2D eigenvalue weighted by molar-refractivity contribution is 5.54. The van der Waals surface area contributed by atoms with Gasteiger partial charge < -0.3 is 14.2 Å². The molecule has 0 aliphatic rings. The maximum Gasteiger partial charge on any atom is 0.203 e. The molecule has 0 fully saturated rings. The van der Waals surface area contributed by atoms with E-state index in [0.717, 1.165) is 0 Å². The third-order valence-corrected chi connectivity index (χ3v) is 2.32. The summed E-state index contributed by atoms with van der Waals surface area (Å²) in [6, 6.07) is 4.74. The molecule has 0 spiro atoms. The second-order valence-corrected chi connectivity index (χ2v) is 3.19. The monoisotopic (exact) mass is 237 g/mol. The lowest BCUT2D eigenvalue weighted by molar-refractivity contribution is 0.323. The highest BCUT2D eigenvalue weighted by atomic mass is 16.5. The standard InChI is InChI=1S/C11H15N3O3/c1-15-9-4-7(8(6-12)14-13)5-10(16-2)11(9)17-3/h4-5,8,14H,13H2,1-3H3. The Kier molecular flexibility index (Phi) is 4.57. The first-order valence-electron chi connectivity index (χ1n) is 4.87. The summed E-state index contributed by atoms with van der Waals surface area (Å²) in [5.74, 6) is 6.73. The van der Waals surface area contributed by atoms with Crippen LogP contribution in [0.3, 0.4) is 0 Å². The minimum atomic E-state index is -0.635. The van der Waals surface area contributed by atoms with E-state index in [1.807, 2.05) is 6.07 Å². The van der Waals surface area contributed by atoms with Crippen LogP contribution in [0.4, 0.5) is 0 Å². The van der Waals surface area contributed by atoms with Gasteiger partial charge in [-0.25, -0.2) is 5.43 Å². The number of nitriles is 1. The number of rotatable bonds is 5. The largest absolute Gasteiger partial charge is 0.493 e. The van der Waals surface area contributed by atoms with Gasteiger partial charge in [-0.2, -0.15) is 5.26 Å². The van der Waals surface area contributed by atoms with E-state index < -0.39 is 6.04 Å². The molecule has 0 bridgehead atoms. The van der Waals surface area contributed by atoms with Gasteiger partial charge in [0.15, 0.2) is 11.5 Å². The summed E-state index contributed by atoms with van der Waals surface area (Å²) in [5.41, 5.74) is 3.04. The van der Waals surface area contributed by atoms with E-state index in [9.17, 15) is 0 Å². The number of hydrazine groups is 1. The van der Waals surface area contributed by atoms with Crippen LogP contribution in [0.1, 0.15) is 11.6 Å². The Labute approximate surface area is 99.8 Å². The fourth-order valence-corrected chi connectivity index (χ4v) is 1.48. The van der Waals surface area contributed by atoms with Crippen molar-refractivity contribution in [1.29, 1.82) is 5.26 Å². The summed E-state index contributed by atoms with van der Waals surface area (Å²) < 4.78 is 15.5. The van der Waals surface area contributed by atoms with Gasteiger partial charge in [0, 0.05) is 0 Å². The molecule has 92 valence electrons. The van der Waals surface area contributed by atoms with E-state index >= 15 is 0 Å². The highest BCUT2D eigenvalue weighted by Crippen LogP contribution is 2.39. The van der Waals surface area contributed by atoms with Gasteiger partial charge in [-0.05, 0) is 17.7 Å². The van der Waals surface area contributed by atoms with Crippen molar-refractivity contribution in [3.05, 3.63) is 17.7 Å². The van der Waals surface area contributed by atoms with Crippen LogP contribution in [0.2, 0.25) is 0 Å². The van der Waals surface area contributed by atoms with Crippen LogP contribution in [0.5, 0.6) is 17.2 Å². The molecule has 0 amide bonds. The van der Waals surface area contributed by atoms with Crippen LogP contribution in [0, 0.1) is 11.3 Å². The molecule has 1 rings (SSSR count). The summed E-state index contributed by atoms with van der Waals surface area (Å²) in [6.07, 6.45) is 0. The maximum absolute atomic E-state index is 8.93. The SMILES string of the molecule is COc1cc(C(C#N)NN)cc(OC)c1OC.